The van der Waals surface area contributed by atoms with Crippen LogP contribution in [0.25, 0.3) is 0 Å². The Labute approximate surface area is 141 Å². The molecule has 0 aliphatic carbocycles. The van der Waals surface area contributed by atoms with Crippen molar-refractivity contribution in [3.63, 3.8) is 0 Å². The lowest BCUT2D eigenvalue weighted by Gasteiger charge is -2.37. The van der Waals surface area contributed by atoms with Crippen molar-refractivity contribution in [3.8, 4) is 0 Å². The number of aromatic nitrogens is 2. The summed E-state index contributed by atoms with van der Waals surface area (Å²) in [5.41, 5.74) is 1.73. The monoisotopic (exact) mass is 330 g/mol. The molecule has 3 rings (SSSR count). The third-order valence-corrected chi connectivity index (χ3v) is 4.93. The molecule has 122 valence electrons. The summed E-state index contributed by atoms with van der Waals surface area (Å²) in [4.78, 5) is 17.2. The first-order chi connectivity index (χ1) is 11.2. The van der Waals surface area contributed by atoms with E-state index in [0.717, 1.165) is 50.6 Å². The number of rotatable bonds is 5. The van der Waals surface area contributed by atoms with Crippen molar-refractivity contribution in [2.24, 2.45) is 0 Å². The highest BCUT2D eigenvalue weighted by molar-refractivity contribution is 6.99. The second kappa shape index (κ2) is 7.66. The minimum atomic E-state index is 0.0178. The van der Waals surface area contributed by atoms with E-state index >= 15 is 0 Å². The standard InChI is InChI=1S/C17H22N4OS/c1-20-10-8-15(9-11-20)21(17(22)16-13-18-23-19-16)12-7-14-5-3-2-4-6-14/h2-6,13,15H,7-12H2,1H3. The highest BCUT2D eigenvalue weighted by atomic mass is 32.1. The zero-order valence-corrected chi connectivity index (χ0v) is 14.2. The number of carbonyl (C=O) groups is 1. The van der Waals surface area contributed by atoms with Crippen LogP contribution in [0.5, 0.6) is 0 Å². The zero-order chi connectivity index (χ0) is 16.1. The van der Waals surface area contributed by atoms with Crippen molar-refractivity contribution >= 4 is 17.6 Å². The van der Waals surface area contributed by atoms with Crippen molar-refractivity contribution in [1.82, 2.24) is 18.5 Å². The van der Waals surface area contributed by atoms with Gasteiger partial charge in [-0.05, 0) is 45.0 Å². The number of hydrogen-bond donors (Lipinski definition) is 0. The van der Waals surface area contributed by atoms with Crippen LogP contribution in [0, 0.1) is 0 Å². The number of benzene rings is 1. The van der Waals surface area contributed by atoms with Crippen molar-refractivity contribution < 1.29 is 4.79 Å². The van der Waals surface area contributed by atoms with Gasteiger partial charge in [0.15, 0.2) is 5.69 Å². The van der Waals surface area contributed by atoms with Crippen LogP contribution in [0.4, 0.5) is 0 Å². The number of nitrogens with zero attached hydrogens (tertiary/aromatic N) is 4. The molecule has 23 heavy (non-hydrogen) atoms. The highest BCUT2D eigenvalue weighted by Gasteiger charge is 2.28. The SMILES string of the molecule is CN1CCC(N(CCc2ccccc2)C(=O)c2cnsn2)CC1. The van der Waals surface area contributed by atoms with E-state index in [0.29, 0.717) is 11.7 Å². The maximum Gasteiger partial charge on any atom is 0.275 e. The number of piperidine rings is 1. The third kappa shape index (κ3) is 4.14. The van der Waals surface area contributed by atoms with Gasteiger partial charge >= 0.3 is 0 Å². The fourth-order valence-corrected chi connectivity index (χ4v) is 3.46. The molecule has 0 unspecified atom stereocenters. The van der Waals surface area contributed by atoms with Gasteiger partial charge in [-0.15, -0.1) is 0 Å². The number of likely N-dealkylation sites (tertiary alicyclic amines) is 1. The Kier molecular flexibility index (Phi) is 5.35. The van der Waals surface area contributed by atoms with Crippen LogP contribution < -0.4 is 0 Å². The summed E-state index contributed by atoms with van der Waals surface area (Å²) < 4.78 is 8.11. The molecule has 1 aliphatic rings. The summed E-state index contributed by atoms with van der Waals surface area (Å²) in [6.45, 7) is 2.80. The van der Waals surface area contributed by atoms with E-state index in [-0.39, 0.29) is 5.91 Å². The summed E-state index contributed by atoms with van der Waals surface area (Å²) >= 11 is 1.09. The van der Waals surface area contributed by atoms with E-state index in [2.05, 4.69) is 32.8 Å². The van der Waals surface area contributed by atoms with Crippen LogP contribution in [-0.2, 0) is 6.42 Å². The van der Waals surface area contributed by atoms with Crippen molar-refractivity contribution in [2.75, 3.05) is 26.7 Å². The number of amides is 1. The highest BCUT2D eigenvalue weighted by Crippen LogP contribution is 2.19. The molecule has 0 radical (unpaired) electrons. The number of carbonyl (C=O) groups excluding carboxylic acids is 1. The van der Waals surface area contributed by atoms with Crippen LogP contribution in [-0.4, -0.2) is 57.2 Å². The van der Waals surface area contributed by atoms with Gasteiger partial charge in [-0.1, -0.05) is 30.3 Å². The molecule has 1 saturated heterocycles. The maximum atomic E-state index is 12.8. The molecule has 2 aromatic rings. The van der Waals surface area contributed by atoms with Crippen LogP contribution in [0.1, 0.15) is 28.9 Å². The van der Waals surface area contributed by atoms with Crippen LogP contribution >= 0.6 is 11.7 Å². The fourth-order valence-electron chi connectivity index (χ4n) is 3.06. The molecule has 0 spiro atoms. The maximum absolute atomic E-state index is 12.8. The van der Waals surface area contributed by atoms with Crippen LogP contribution in [0.2, 0.25) is 0 Å². The first kappa shape index (κ1) is 16.1. The largest absolute Gasteiger partial charge is 0.334 e. The van der Waals surface area contributed by atoms with Crippen molar-refractivity contribution in [1.29, 1.82) is 0 Å². The molecule has 1 aromatic carbocycles. The summed E-state index contributed by atoms with van der Waals surface area (Å²) in [6, 6.07) is 10.6. The van der Waals surface area contributed by atoms with Gasteiger partial charge in [-0.25, -0.2) is 0 Å². The van der Waals surface area contributed by atoms with E-state index < -0.39 is 0 Å². The molecule has 0 bridgehead atoms. The van der Waals surface area contributed by atoms with Gasteiger partial charge in [0, 0.05) is 12.6 Å². The first-order valence-electron chi connectivity index (χ1n) is 8.05. The molecule has 2 heterocycles. The van der Waals surface area contributed by atoms with Gasteiger partial charge in [0.25, 0.3) is 5.91 Å². The predicted octanol–water partition coefficient (Wildman–Crippen LogP) is 2.32. The van der Waals surface area contributed by atoms with Gasteiger partial charge in [0.05, 0.1) is 17.9 Å². The van der Waals surface area contributed by atoms with E-state index in [1.165, 1.54) is 5.56 Å². The lowest BCUT2D eigenvalue weighted by atomic mass is 10.0. The minimum absolute atomic E-state index is 0.0178. The Morgan fingerprint density at radius 1 is 1.30 bits per heavy atom. The lowest BCUT2D eigenvalue weighted by molar-refractivity contribution is 0.0589. The Morgan fingerprint density at radius 3 is 2.70 bits per heavy atom. The molecule has 6 heteroatoms. The molecule has 1 amide bonds. The first-order valence-corrected chi connectivity index (χ1v) is 8.78. The molecule has 5 nitrogen and oxygen atoms in total. The summed E-state index contributed by atoms with van der Waals surface area (Å²) in [7, 11) is 2.14. The van der Waals surface area contributed by atoms with Crippen molar-refractivity contribution in [3.05, 3.63) is 47.8 Å². The molecule has 1 aromatic heterocycles. The fraction of sp³-hybridized carbons (Fsp3) is 0.471. The zero-order valence-electron chi connectivity index (χ0n) is 13.4. The van der Waals surface area contributed by atoms with E-state index in [1.807, 2.05) is 23.1 Å². The Bertz CT molecular complexity index is 609. The lowest BCUT2D eigenvalue weighted by Crippen LogP contribution is -2.47. The Hall–Kier alpha value is -1.79. The van der Waals surface area contributed by atoms with E-state index in [1.54, 1.807) is 6.20 Å². The predicted molar refractivity (Wildman–Crippen MR) is 91.6 cm³/mol. The Morgan fingerprint density at radius 2 is 2.04 bits per heavy atom. The van der Waals surface area contributed by atoms with Gasteiger partial charge in [0.2, 0.25) is 0 Å². The van der Waals surface area contributed by atoms with Gasteiger partial charge in [-0.2, -0.15) is 8.75 Å². The molecule has 0 saturated carbocycles. The second-order valence-electron chi connectivity index (χ2n) is 6.06. The van der Waals surface area contributed by atoms with Crippen LogP contribution in [0.3, 0.4) is 0 Å². The summed E-state index contributed by atoms with van der Waals surface area (Å²) in [6.07, 6.45) is 4.50. The van der Waals surface area contributed by atoms with E-state index in [9.17, 15) is 4.79 Å². The van der Waals surface area contributed by atoms with Gasteiger partial charge in [-0.3, -0.25) is 4.79 Å². The molecule has 0 atom stereocenters. The molecule has 1 aliphatic heterocycles. The summed E-state index contributed by atoms with van der Waals surface area (Å²) in [5.74, 6) is 0.0178. The average molecular weight is 330 g/mol. The van der Waals surface area contributed by atoms with Gasteiger partial charge < -0.3 is 9.80 Å². The minimum Gasteiger partial charge on any atom is -0.334 e. The molecular formula is C17H22N4OS. The topological polar surface area (TPSA) is 49.3 Å². The molecule has 1 fully saturated rings. The van der Waals surface area contributed by atoms with Crippen LogP contribution in [0.15, 0.2) is 36.5 Å². The summed E-state index contributed by atoms with van der Waals surface area (Å²) in [5, 5.41) is 0. The third-order valence-electron chi connectivity index (χ3n) is 4.45. The van der Waals surface area contributed by atoms with Crippen molar-refractivity contribution in [2.45, 2.75) is 25.3 Å². The molecule has 0 N–H and O–H groups in total. The normalized spacial score (nSPS) is 16.4. The Balaban J connectivity index is 1.71. The van der Waals surface area contributed by atoms with E-state index in [4.69, 9.17) is 0 Å². The second-order valence-corrected chi connectivity index (χ2v) is 6.62. The smallest absolute Gasteiger partial charge is 0.275 e. The average Bonchev–Trinajstić information content (AvgIpc) is 3.12. The quantitative estimate of drug-likeness (QED) is 0.844. The number of hydrogen-bond acceptors (Lipinski definition) is 5. The van der Waals surface area contributed by atoms with Gasteiger partial charge in [0.1, 0.15) is 0 Å². The molecular weight excluding hydrogens is 308 g/mol.